The minimum Gasteiger partial charge on any atom is -0.466 e. The van der Waals surface area contributed by atoms with Gasteiger partial charge in [0.1, 0.15) is 5.82 Å². The highest BCUT2D eigenvalue weighted by molar-refractivity contribution is 5.69. The standard InChI is InChI=1S/C36H41F6N7O2/c1-4-48(21-25-13-11-24(12-14-25)17-32(50)51-5-2)33-29(18-28(20-43-33)27-9-7-6-8-10-27)23-49(34-44-46-47(3)45-34)22-26-15-30(35(37,38)39)19-31(16-26)36(40,41)42/h6-10,15-16,18-20,24-25H,4-5,11-14,17,21-23H2,1-3H3. The fourth-order valence-electron chi connectivity index (χ4n) is 6.58. The first-order valence-electron chi connectivity index (χ1n) is 17.0. The van der Waals surface area contributed by atoms with E-state index in [4.69, 9.17) is 9.72 Å². The number of pyridine rings is 1. The Morgan fingerprint density at radius 1 is 0.863 bits per heavy atom. The zero-order chi connectivity index (χ0) is 36.8. The Morgan fingerprint density at radius 2 is 1.51 bits per heavy atom. The van der Waals surface area contributed by atoms with Crippen molar-refractivity contribution < 1.29 is 35.9 Å². The molecule has 0 spiro atoms. The van der Waals surface area contributed by atoms with E-state index in [-0.39, 0.29) is 42.6 Å². The second-order valence-electron chi connectivity index (χ2n) is 12.9. The van der Waals surface area contributed by atoms with Crippen molar-refractivity contribution in [3.63, 3.8) is 0 Å². The van der Waals surface area contributed by atoms with Crippen molar-refractivity contribution in [3.05, 3.63) is 83.0 Å². The van der Waals surface area contributed by atoms with Crippen LogP contribution in [0.2, 0.25) is 0 Å². The summed E-state index contributed by atoms with van der Waals surface area (Å²) in [6.45, 7) is 5.07. The van der Waals surface area contributed by atoms with E-state index in [2.05, 4.69) is 20.3 Å². The first-order valence-corrected chi connectivity index (χ1v) is 17.0. The van der Waals surface area contributed by atoms with Gasteiger partial charge >= 0.3 is 18.3 Å². The number of alkyl halides is 6. The Kier molecular flexibility index (Phi) is 11.9. The van der Waals surface area contributed by atoms with Gasteiger partial charge in [-0.15, -0.1) is 5.10 Å². The monoisotopic (exact) mass is 717 g/mol. The number of hydrogen-bond donors (Lipinski definition) is 0. The van der Waals surface area contributed by atoms with Crippen molar-refractivity contribution in [2.75, 3.05) is 29.5 Å². The van der Waals surface area contributed by atoms with Crippen LogP contribution in [0.3, 0.4) is 0 Å². The smallest absolute Gasteiger partial charge is 0.416 e. The van der Waals surface area contributed by atoms with E-state index in [1.807, 2.05) is 43.3 Å². The summed E-state index contributed by atoms with van der Waals surface area (Å²) in [5.41, 5.74) is -0.660. The number of hydrogen-bond acceptors (Lipinski definition) is 8. The summed E-state index contributed by atoms with van der Waals surface area (Å²) in [6, 6.07) is 13.0. The van der Waals surface area contributed by atoms with E-state index >= 15 is 0 Å². The number of carbonyl (C=O) groups excluding carboxylic acids is 1. The molecule has 0 amide bonds. The number of tetrazole rings is 1. The third kappa shape index (κ3) is 9.97. The fourth-order valence-corrected chi connectivity index (χ4v) is 6.58. The number of benzene rings is 2. The predicted molar refractivity (Wildman–Crippen MR) is 179 cm³/mol. The van der Waals surface area contributed by atoms with Crippen LogP contribution in [0.25, 0.3) is 11.1 Å². The highest BCUT2D eigenvalue weighted by atomic mass is 19.4. The van der Waals surface area contributed by atoms with Gasteiger partial charge in [-0.05, 0) is 92.0 Å². The lowest BCUT2D eigenvalue weighted by Crippen LogP contribution is -2.34. The Labute approximate surface area is 292 Å². The van der Waals surface area contributed by atoms with Gasteiger partial charge in [-0.1, -0.05) is 35.4 Å². The van der Waals surface area contributed by atoms with Crippen LogP contribution in [-0.2, 0) is 42.0 Å². The molecule has 15 heteroatoms. The molecule has 0 aliphatic heterocycles. The zero-order valence-electron chi connectivity index (χ0n) is 28.7. The molecule has 2 heterocycles. The van der Waals surface area contributed by atoms with Crippen LogP contribution in [0.1, 0.15) is 68.2 Å². The minimum atomic E-state index is -4.99. The first kappa shape index (κ1) is 37.6. The molecule has 0 radical (unpaired) electrons. The lowest BCUT2D eigenvalue weighted by atomic mass is 9.80. The molecule has 51 heavy (non-hydrogen) atoms. The molecule has 0 atom stereocenters. The number of nitrogens with zero attached hydrogens (tertiary/aromatic N) is 7. The Bertz CT molecular complexity index is 1720. The van der Waals surface area contributed by atoms with E-state index in [9.17, 15) is 31.1 Å². The molecular weight excluding hydrogens is 676 g/mol. The van der Waals surface area contributed by atoms with Gasteiger partial charge in [0.15, 0.2) is 0 Å². The van der Waals surface area contributed by atoms with Gasteiger partial charge in [0.2, 0.25) is 0 Å². The van der Waals surface area contributed by atoms with Crippen LogP contribution >= 0.6 is 0 Å². The summed E-state index contributed by atoms with van der Waals surface area (Å²) >= 11 is 0. The topological polar surface area (TPSA) is 89.3 Å². The van der Waals surface area contributed by atoms with Gasteiger partial charge in [-0.3, -0.25) is 4.79 Å². The maximum atomic E-state index is 13.8. The average molecular weight is 718 g/mol. The molecule has 1 saturated carbocycles. The molecule has 0 N–H and O–H groups in total. The van der Waals surface area contributed by atoms with Crippen LogP contribution in [0.4, 0.5) is 38.1 Å². The van der Waals surface area contributed by atoms with E-state index in [0.29, 0.717) is 43.4 Å². The maximum absolute atomic E-state index is 13.8. The number of anilines is 2. The average Bonchev–Trinajstić information content (AvgIpc) is 3.53. The van der Waals surface area contributed by atoms with E-state index in [1.165, 1.54) is 16.7 Å². The molecule has 2 aromatic carbocycles. The minimum absolute atomic E-state index is 0.00901. The highest BCUT2D eigenvalue weighted by Gasteiger charge is 2.37. The second kappa shape index (κ2) is 16.1. The molecular formula is C36H41F6N7O2. The lowest BCUT2D eigenvalue weighted by Gasteiger charge is -2.34. The van der Waals surface area contributed by atoms with Crippen molar-refractivity contribution in [1.82, 2.24) is 25.2 Å². The van der Waals surface area contributed by atoms with Crippen LogP contribution in [0.15, 0.2) is 60.8 Å². The van der Waals surface area contributed by atoms with E-state index < -0.39 is 23.5 Å². The summed E-state index contributed by atoms with van der Waals surface area (Å²) in [6.07, 6.45) is -4.17. The molecule has 4 aromatic rings. The lowest BCUT2D eigenvalue weighted by molar-refractivity contribution is -0.145. The first-order chi connectivity index (χ1) is 24.2. The van der Waals surface area contributed by atoms with Gasteiger partial charge in [0, 0.05) is 49.9 Å². The Morgan fingerprint density at radius 3 is 2.08 bits per heavy atom. The number of aryl methyl sites for hydroxylation is 1. The summed E-state index contributed by atoms with van der Waals surface area (Å²) < 4.78 is 87.8. The van der Waals surface area contributed by atoms with Gasteiger partial charge in [0.05, 0.1) is 24.8 Å². The molecule has 0 saturated heterocycles. The van der Waals surface area contributed by atoms with Crippen LogP contribution in [0.5, 0.6) is 0 Å². The van der Waals surface area contributed by atoms with Gasteiger partial charge in [0.25, 0.3) is 5.95 Å². The third-order valence-electron chi connectivity index (χ3n) is 9.10. The molecule has 2 aromatic heterocycles. The molecule has 5 rings (SSSR count). The van der Waals surface area contributed by atoms with Crippen molar-refractivity contribution in [2.45, 2.75) is 71.4 Å². The number of halogens is 6. The highest BCUT2D eigenvalue weighted by Crippen LogP contribution is 2.38. The maximum Gasteiger partial charge on any atom is 0.416 e. The van der Waals surface area contributed by atoms with Crippen molar-refractivity contribution >= 4 is 17.7 Å². The van der Waals surface area contributed by atoms with Gasteiger partial charge < -0.3 is 14.5 Å². The molecule has 274 valence electrons. The number of esters is 1. The zero-order valence-corrected chi connectivity index (χ0v) is 28.7. The van der Waals surface area contributed by atoms with Crippen molar-refractivity contribution in [3.8, 4) is 11.1 Å². The molecule has 0 unspecified atom stereocenters. The molecule has 1 aliphatic rings. The number of aromatic nitrogens is 5. The summed E-state index contributed by atoms with van der Waals surface area (Å²) in [7, 11) is 1.52. The molecule has 1 aliphatic carbocycles. The quantitative estimate of drug-likeness (QED) is 0.101. The van der Waals surface area contributed by atoms with E-state index in [1.54, 1.807) is 13.1 Å². The fraction of sp³-hybridized carbons (Fsp3) is 0.472. The second-order valence-corrected chi connectivity index (χ2v) is 12.9. The van der Waals surface area contributed by atoms with Crippen LogP contribution < -0.4 is 9.80 Å². The number of ether oxygens (including phenoxy) is 1. The van der Waals surface area contributed by atoms with Crippen LogP contribution in [0, 0.1) is 11.8 Å². The normalized spacial score (nSPS) is 16.6. The van der Waals surface area contributed by atoms with Crippen LogP contribution in [-0.4, -0.2) is 50.9 Å². The Hall–Kier alpha value is -4.69. The molecule has 9 nitrogen and oxygen atoms in total. The SMILES string of the molecule is CCOC(=O)CC1CCC(CN(CC)c2ncc(-c3ccccc3)cc2CN(Cc2cc(C(F)(F)F)cc(C(F)(F)F)c2)c2nnn(C)n2)CC1. The van der Waals surface area contributed by atoms with Crippen molar-refractivity contribution in [1.29, 1.82) is 0 Å². The Balaban J connectivity index is 1.49. The van der Waals surface area contributed by atoms with E-state index in [0.717, 1.165) is 48.9 Å². The summed E-state index contributed by atoms with van der Waals surface area (Å²) in [5.74, 6) is 1.10. The predicted octanol–water partition coefficient (Wildman–Crippen LogP) is 8.10. The summed E-state index contributed by atoms with van der Waals surface area (Å²) in [5, 5.41) is 12.2. The van der Waals surface area contributed by atoms with Gasteiger partial charge in [-0.2, -0.15) is 31.1 Å². The largest absolute Gasteiger partial charge is 0.466 e. The van der Waals surface area contributed by atoms with Gasteiger partial charge in [-0.25, -0.2) is 4.98 Å². The third-order valence-corrected chi connectivity index (χ3v) is 9.10. The summed E-state index contributed by atoms with van der Waals surface area (Å²) in [4.78, 5) is 21.8. The molecule has 1 fully saturated rings. The van der Waals surface area contributed by atoms with Crippen molar-refractivity contribution in [2.24, 2.45) is 18.9 Å². The molecule has 0 bridgehead atoms. The number of carbonyl (C=O) groups is 1. The number of rotatable bonds is 13.